The molecule has 1 heterocycles. The molecule has 0 radical (unpaired) electrons. The van der Waals surface area contributed by atoms with E-state index in [-0.39, 0.29) is 5.78 Å². The third-order valence-corrected chi connectivity index (χ3v) is 7.26. The van der Waals surface area contributed by atoms with Gasteiger partial charge in [0, 0.05) is 24.4 Å². The number of unbranched alkanes of at least 4 members (excludes halogenated alkanes) is 1. The van der Waals surface area contributed by atoms with Gasteiger partial charge < -0.3 is 14.1 Å². The number of carbonyl (C=O) groups is 1. The Bertz CT molecular complexity index is 1310. The lowest BCUT2D eigenvalue weighted by Crippen LogP contribution is -2.02. The number of carbonyl (C=O) groups excluding carboxylic acids is 1. The molecule has 0 saturated heterocycles. The first-order valence-corrected chi connectivity index (χ1v) is 15.2. The number of allylic oxidation sites excluding steroid dienone is 10. The summed E-state index contributed by atoms with van der Waals surface area (Å²) >= 11 is 0. The lowest BCUT2D eigenvalue weighted by atomic mass is 10.0. The molecule has 0 atom stereocenters. The number of benzene rings is 1. The Morgan fingerprint density at radius 1 is 0.976 bits per heavy atom. The van der Waals surface area contributed by atoms with Crippen LogP contribution < -0.4 is 4.74 Å². The maximum absolute atomic E-state index is 11.1. The van der Waals surface area contributed by atoms with Crippen molar-refractivity contribution in [3.63, 3.8) is 0 Å². The molecule has 0 N–H and O–H groups in total. The zero-order chi connectivity index (χ0) is 30.2. The number of nitrogens with zero attached hydrogens (tertiary/aromatic N) is 1. The summed E-state index contributed by atoms with van der Waals surface area (Å²) in [6.45, 7) is 18.4. The molecule has 0 unspecified atom stereocenters. The Morgan fingerprint density at radius 3 is 2.32 bits per heavy atom. The number of ketones is 1. The van der Waals surface area contributed by atoms with E-state index in [1.807, 2.05) is 12.1 Å². The molecular weight excluding hydrogens is 502 g/mol. The van der Waals surface area contributed by atoms with Crippen LogP contribution in [0.25, 0.3) is 17.7 Å². The maximum atomic E-state index is 11.1. The highest BCUT2D eigenvalue weighted by atomic mass is 16.5. The minimum atomic E-state index is 0.202. The van der Waals surface area contributed by atoms with E-state index in [0.29, 0.717) is 13.0 Å². The number of rotatable bonds is 16. The van der Waals surface area contributed by atoms with Crippen LogP contribution >= 0.6 is 0 Å². The van der Waals surface area contributed by atoms with Crippen molar-refractivity contribution in [2.24, 2.45) is 0 Å². The van der Waals surface area contributed by atoms with Gasteiger partial charge in [0.1, 0.15) is 11.5 Å². The number of Topliss-reactive ketones (excluding diaryl/α,β-unsaturated/α-hetero) is 1. The number of ether oxygens (including phenoxy) is 1. The van der Waals surface area contributed by atoms with Crippen molar-refractivity contribution < 1.29 is 9.53 Å². The molecule has 2 rings (SSSR count). The van der Waals surface area contributed by atoms with E-state index < -0.39 is 0 Å². The van der Waals surface area contributed by atoms with E-state index in [1.165, 1.54) is 52.1 Å². The zero-order valence-electron chi connectivity index (χ0n) is 26.7. The van der Waals surface area contributed by atoms with Gasteiger partial charge in [-0.25, -0.2) is 0 Å². The molecule has 0 fully saturated rings. The Kier molecular flexibility index (Phi) is 14.7. The van der Waals surface area contributed by atoms with Crippen LogP contribution in [-0.4, -0.2) is 17.0 Å². The van der Waals surface area contributed by atoms with Gasteiger partial charge in [0.25, 0.3) is 0 Å². The van der Waals surface area contributed by atoms with Crippen molar-refractivity contribution in [3.05, 3.63) is 106 Å². The van der Waals surface area contributed by atoms with Crippen molar-refractivity contribution in [1.82, 2.24) is 4.57 Å². The van der Waals surface area contributed by atoms with Crippen molar-refractivity contribution >= 4 is 23.5 Å². The predicted octanol–water partition coefficient (Wildman–Crippen LogP) is 10.6. The third kappa shape index (κ3) is 11.1. The molecule has 3 heteroatoms. The van der Waals surface area contributed by atoms with Crippen LogP contribution in [0.4, 0.5) is 0 Å². The van der Waals surface area contributed by atoms with Gasteiger partial charge in [-0.15, -0.1) is 0 Å². The molecule has 0 aliphatic rings. The van der Waals surface area contributed by atoms with E-state index in [1.54, 1.807) is 6.92 Å². The first-order valence-electron chi connectivity index (χ1n) is 15.2. The number of aryl methyl sites for hydroxylation is 1. The standard InChI is InChI=1S/C38H51NO2/c1-9-13-16-29(5)37-28-35(18-14-10-2)38(39(37)12-4)27-31(7)30(6)26-33(11-3)19-20-34-21-23-36(24-22-34)41-25-15-17-32(8)40/h9,11,13,16,19-24,26-28H,10,12,14-15,17-18,25H2,1-8H3/b13-9+,20-19+,29-16+,30-26-,31-27+,33-11-. The Labute approximate surface area is 249 Å². The summed E-state index contributed by atoms with van der Waals surface area (Å²) in [5, 5.41) is 0. The normalized spacial score (nSPS) is 13.6. The monoisotopic (exact) mass is 553 g/mol. The second-order valence-electron chi connectivity index (χ2n) is 10.7. The van der Waals surface area contributed by atoms with Crippen molar-refractivity contribution in [3.8, 4) is 5.75 Å². The number of hydrogen-bond acceptors (Lipinski definition) is 2. The summed E-state index contributed by atoms with van der Waals surface area (Å²) in [5.41, 5.74) is 10.2. The van der Waals surface area contributed by atoms with E-state index >= 15 is 0 Å². The molecule has 0 saturated carbocycles. The summed E-state index contributed by atoms with van der Waals surface area (Å²) in [6.07, 6.45) is 22.3. The van der Waals surface area contributed by atoms with Crippen molar-refractivity contribution in [2.75, 3.05) is 6.61 Å². The lowest BCUT2D eigenvalue weighted by Gasteiger charge is -2.12. The van der Waals surface area contributed by atoms with Crippen LogP contribution in [0.1, 0.15) is 104 Å². The average molecular weight is 554 g/mol. The summed E-state index contributed by atoms with van der Waals surface area (Å²) in [6, 6.07) is 10.5. The van der Waals surface area contributed by atoms with Crippen LogP contribution in [0.3, 0.4) is 0 Å². The minimum Gasteiger partial charge on any atom is -0.494 e. The van der Waals surface area contributed by atoms with E-state index in [4.69, 9.17) is 4.74 Å². The highest BCUT2D eigenvalue weighted by Gasteiger charge is 2.14. The van der Waals surface area contributed by atoms with Crippen LogP contribution in [-0.2, 0) is 17.8 Å². The molecule has 41 heavy (non-hydrogen) atoms. The fourth-order valence-corrected chi connectivity index (χ4v) is 4.64. The van der Waals surface area contributed by atoms with Crippen molar-refractivity contribution in [2.45, 2.75) is 94.0 Å². The topological polar surface area (TPSA) is 31.2 Å². The zero-order valence-corrected chi connectivity index (χ0v) is 26.7. The van der Waals surface area contributed by atoms with Gasteiger partial charge in [-0.3, -0.25) is 0 Å². The second kappa shape index (κ2) is 18.0. The van der Waals surface area contributed by atoms with E-state index in [0.717, 1.165) is 30.7 Å². The molecule has 220 valence electrons. The average Bonchev–Trinajstić information content (AvgIpc) is 3.32. The van der Waals surface area contributed by atoms with Gasteiger partial charge in [0.2, 0.25) is 0 Å². The number of aromatic nitrogens is 1. The van der Waals surface area contributed by atoms with Gasteiger partial charge in [-0.05, 0) is 125 Å². The SMILES string of the molecule is C/C=C(\C=C(C)/C(C)=C/c1c(CCCC)cc(/C(C)=C/C=C/C)n1CC)/C=C/c1ccc(OCCCC(C)=O)cc1. The summed E-state index contributed by atoms with van der Waals surface area (Å²) in [4.78, 5) is 11.1. The fraction of sp³-hybridized carbons (Fsp3) is 0.395. The van der Waals surface area contributed by atoms with E-state index in [2.05, 4.69) is 120 Å². The first kappa shape index (κ1) is 33.6. The summed E-state index contributed by atoms with van der Waals surface area (Å²) in [7, 11) is 0. The van der Waals surface area contributed by atoms with E-state index in [9.17, 15) is 4.79 Å². The molecule has 0 bridgehead atoms. The molecule has 1 aromatic heterocycles. The molecule has 0 spiro atoms. The molecule has 3 nitrogen and oxygen atoms in total. The predicted molar refractivity (Wildman–Crippen MR) is 179 cm³/mol. The quantitative estimate of drug-likeness (QED) is 0.153. The number of hydrogen-bond donors (Lipinski definition) is 0. The molecule has 1 aromatic carbocycles. The summed E-state index contributed by atoms with van der Waals surface area (Å²) in [5.74, 6) is 1.03. The largest absolute Gasteiger partial charge is 0.494 e. The second-order valence-corrected chi connectivity index (χ2v) is 10.7. The molecule has 0 aliphatic heterocycles. The van der Waals surface area contributed by atoms with Gasteiger partial charge in [0.15, 0.2) is 0 Å². The van der Waals surface area contributed by atoms with Crippen LogP contribution in [0.15, 0.2) is 83.5 Å². The maximum Gasteiger partial charge on any atom is 0.129 e. The van der Waals surface area contributed by atoms with Crippen LogP contribution in [0, 0.1) is 0 Å². The van der Waals surface area contributed by atoms with Gasteiger partial charge in [-0.1, -0.05) is 68.0 Å². The lowest BCUT2D eigenvalue weighted by molar-refractivity contribution is -0.117. The Balaban J connectivity index is 2.25. The highest BCUT2D eigenvalue weighted by molar-refractivity contribution is 5.75. The molecule has 0 amide bonds. The summed E-state index contributed by atoms with van der Waals surface area (Å²) < 4.78 is 8.22. The molecule has 2 aromatic rings. The van der Waals surface area contributed by atoms with Gasteiger partial charge in [-0.2, -0.15) is 0 Å². The van der Waals surface area contributed by atoms with Crippen LogP contribution in [0.5, 0.6) is 5.75 Å². The van der Waals surface area contributed by atoms with Gasteiger partial charge in [0.05, 0.1) is 6.61 Å². The Hall–Kier alpha value is -3.59. The molecule has 0 aliphatic carbocycles. The Morgan fingerprint density at radius 2 is 1.71 bits per heavy atom. The highest BCUT2D eigenvalue weighted by Crippen LogP contribution is 2.28. The minimum absolute atomic E-state index is 0.202. The first-order chi connectivity index (χ1) is 19.7. The molecular formula is C38H51NO2. The van der Waals surface area contributed by atoms with Crippen molar-refractivity contribution in [1.29, 1.82) is 0 Å². The van der Waals surface area contributed by atoms with Crippen LogP contribution in [0.2, 0.25) is 0 Å². The fourth-order valence-electron chi connectivity index (χ4n) is 4.64. The third-order valence-electron chi connectivity index (χ3n) is 7.26. The van der Waals surface area contributed by atoms with Gasteiger partial charge >= 0.3 is 0 Å². The smallest absolute Gasteiger partial charge is 0.129 e.